The third kappa shape index (κ3) is 3.81. The Kier molecular flexibility index (Phi) is 5.77. The van der Waals surface area contributed by atoms with Crippen LogP contribution in [0.1, 0.15) is 38.2 Å². The standard InChI is InChI=1S/C15H25IN2OSi/c1-10(2)18(11(3)4)15(19)13-14(20(5,6)7)12(16)8-9-17-13/h8-11H,1-7H3. The van der Waals surface area contributed by atoms with Crippen molar-refractivity contribution < 1.29 is 4.79 Å². The van der Waals surface area contributed by atoms with Crippen LogP contribution in [-0.2, 0) is 0 Å². The van der Waals surface area contributed by atoms with Gasteiger partial charge in [-0.15, -0.1) is 0 Å². The van der Waals surface area contributed by atoms with E-state index in [4.69, 9.17) is 0 Å². The summed E-state index contributed by atoms with van der Waals surface area (Å²) in [7, 11) is -1.62. The fourth-order valence-electron chi connectivity index (χ4n) is 2.50. The van der Waals surface area contributed by atoms with E-state index in [0.717, 1.165) is 3.57 Å². The van der Waals surface area contributed by atoms with Crippen LogP contribution in [0.2, 0.25) is 19.6 Å². The SMILES string of the molecule is CC(C)N(C(=O)c1nccc(I)c1[Si](C)(C)C)C(C)C. The van der Waals surface area contributed by atoms with E-state index < -0.39 is 8.07 Å². The number of pyridine rings is 1. The van der Waals surface area contributed by atoms with Crippen LogP contribution in [0.15, 0.2) is 12.3 Å². The molecule has 0 aliphatic rings. The number of carbonyl (C=O) groups is 1. The molecule has 0 radical (unpaired) electrons. The monoisotopic (exact) mass is 404 g/mol. The van der Waals surface area contributed by atoms with Crippen LogP contribution in [-0.4, -0.2) is 35.9 Å². The predicted molar refractivity (Wildman–Crippen MR) is 96.4 cm³/mol. The molecule has 0 bridgehead atoms. The maximum Gasteiger partial charge on any atom is 0.272 e. The maximum absolute atomic E-state index is 12.9. The van der Waals surface area contributed by atoms with Gasteiger partial charge >= 0.3 is 0 Å². The van der Waals surface area contributed by atoms with Gasteiger partial charge in [-0.2, -0.15) is 0 Å². The van der Waals surface area contributed by atoms with Crippen LogP contribution in [0.4, 0.5) is 0 Å². The smallest absolute Gasteiger partial charge is 0.272 e. The minimum Gasteiger partial charge on any atom is -0.332 e. The minimum absolute atomic E-state index is 0.0611. The average Bonchev–Trinajstić information content (AvgIpc) is 2.25. The molecule has 0 unspecified atom stereocenters. The molecule has 1 aromatic rings. The molecular weight excluding hydrogens is 379 g/mol. The molecule has 0 N–H and O–H groups in total. The van der Waals surface area contributed by atoms with Crippen molar-refractivity contribution in [2.45, 2.75) is 59.4 Å². The summed E-state index contributed by atoms with van der Waals surface area (Å²) in [5.74, 6) is 0.0611. The molecule has 1 rings (SSSR count). The zero-order valence-electron chi connectivity index (χ0n) is 13.5. The molecule has 0 aromatic carbocycles. The van der Waals surface area contributed by atoms with E-state index in [-0.39, 0.29) is 18.0 Å². The van der Waals surface area contributed by atoms with E-state index in [0.29, 0.717) is 5.69 Å². The molecule has 112 valence electrons. The van der Waals surface area contributed by atoms with E-state index in [1.54, 1.807) is 6.20 Å². The first-order valence-corrected chi connectivity index (χ1v) is 11.6. The number of rotatable bonds is 4. The molecule has 1 heterocycles. The summed E-state index contributed by atoms with van der Waals surface area (Å²) >= 11 is 2.33. The second kappa shape index (κ2) is 6.55. The summed E-state index contributed by atoms with van der Waals surface area (Å²) < 4.78 is 1.16. The first kappa shape index (κ1) is 17.6. The number of aromatic nitrogens is 1. The van der Waals surface area contributed by atoms with Gasteiger partial charge in [-0.25, -0.2) is 0 Å². The van der Waals surface area contributed by atoms with Crippen molar-refractivity contribution in [2.75, 3.05) is 0 Å². The Morgan fingerprint density at radius 1 is 1.20 bits per heavy atom. The van der Waals surface area contributed by atoms with Gasteiger partial charge in [0.2, 0.25) is 0 Å². The van der Waals surface area contributed by atoms with Gasteiger partial charge < -0.3 is 4.90 Å². The summed E-state index contributed by atoms with van der Waals surface area (Å²) in [4.78, 5) is 19.3. The average molecular weight is 404 g/mol. The highest BCUT2D eigenvalue weighted by molar-refractivity contribution is 14.1. The van der Waals surface area contributed by atoms with Gasteiger partial charge in [0.15, 0.2) is 0 Å². The Morgan fingerprint density at radius 3 is 2.10 bits per heavy atom. The molecule has 20 heavy (non-hydrogen) atoms. The summed E-state index contributed by atoms with van der Waals surface area (Å²) in [5, 5.41) is 1.18. The lowest BCUT2D eigenvalue weighted by atomic mass is 10.2. The zero-order chi connectivity index (χ0) is 15.7. The summed E-state index contributed by atoms with van der Waals surface area (Å²) in [6.07, 6.45) is 1.75. The number of carbonyl (C=O) groups excluding carboxylic acids is 1. The number of amides is 1. The van der Waals surface area contributed by atoms with Crippen LogP contribution >= 0.6 is 22.6 Å². The van der Waals surface area contributed by atoms with Crippen molar-refractivity contribution in [1.82, 2.24) is 9.88 Å². The number of hydrogen-bond acceptors (Lipinski definition) is 2. The Hall–Kier alpha value is -0.433. The Labute approximate surface area is 137 Å². The number of nitrogens with zero attached hydrogens (tertiary/aromatic N) is 2. The van der Waals surface area contributed by atoms with Crippen molar-refractivity contribution in [2.24, 2.45) is 0 Å². The van der Waals surface area contributed by atoms with Gasteiger partial charge in [0.05, 0.1) is 8.07 Å². The molecule has 0 spiro atoms. The summed E-state index contributed by atoms with van der Waals surface area (Å²) in [5.41, 5.74) is 0.651. The van der Waals surface area contributed by atoms with Crippen molar-refractivity contribution in [3.63, 3.8) is 0 Å². The second-order valence-corrected chi connectivity index (χ2v) is 12.8. The number of halogens is 1. The first-order valence-electron chi connectivity index (χ1n) is 7.05. The van der Waals surface area contributed by atoms with Gasteiger partial charge in [-0.05, 0) is 61.5 Å². The van der Waals surface area contributed by atoms with E-state index in [1.807, 2.05) is 11.0 Å². The predicted octanol–water partition coefficient (Wildman–Crippen LogP) is 3.49. The summed E-state index contributed by atoms with van der Waals surface area (Å²) in [6.45, 7) is 15.0. The summed E-state index contributed by atoms with van der Waals surface area (Å²) in [6, 6.07) is 2.35. The van der Waals surface area contributed by atoms with Gasteiger partial charge in [0.25, 0.3) is 5.91 Å². The maximum atomic E-state index is 12.9. The Bertz CT molecular complexity index is 487. The topological polar surface area (TPSA) is 33.2 Å². The Balaban J connectivity index is 3.40. The third-order valence-electron chi connectivity index (χ3n) is 3.20. The molecule has 3 nitrogen and oxygen atoms in total. The molecule has 0 aliphatic heterocycles. The lowest BCUT2D eigenvalue weighted by molar-refractivity contribution is 0.0639. The lowest BCUT2D eigenvalue weighted by Gasteiger charge is -2.32. The van der Waals surface area contributed by atoms with Crippen molar-refractivity contribution >= 4 is 41.8 Å². The second-order valence-electron chi connectivity index (χ2n) is 6.67. The Morgan fingerprint density at radius 2 is 1.70 bits per heavy atom. The molecule has 0 saturated carbocycles. The fraction of sp³-hybridized carbons (Fsp3) is 0.600. The van der Waals surface area contributed by atoms with Crippen LogP contribution in [0.3, 0.4) is 0 Å². The molecule has 0 saturated heterocycles. The largest absolute Gasteiger partial charge is 0.332 e. The van der Waals surface area contributed by atoms with E-state index in [1.165, 1.54) is 5.19 Å². The van der Waals surface area contributed by atoms with Crippen LogP contribution in [0, 0.1) is 3.57 Å². The van der Waals surface area contributed by atoms with Gasteiger partial charge in [0, 0.05) is 21.9 Å². The molecule has 5 heteroatoms. The molecule has 1 amide bonds. The highest BCUT2D eigenvalue weighted by Crippen LogP contribution is 2.16. The van der Waals surface area contributed by atoms with Crippen LogP contribution in [0.5, 0.6) is 0 Å². The lowest BCUT2D eigenvalue weighted by Crippen LogP contribution is -2.49. The fourth-order valence-corrected chi connectivity index (χ4v) is 7.03. The van der Waals surface area contributed by atoms with Crippen molar-refractivity contribution in [3.05, 3.63) is 21.5 Å². The molecule has 1 aromatic heterocycles. The van der Waals surface area contributed by atoms with Crippen LogP contribution < -0.4 is 5.19 Å². The normalized spacial score (nSPS) is 12.1. The van der Waals surface area contributed by atoms with E-state index in [2.05, 4.69) is 74.9 Å². The first-order chi connectivity index (χ1) is 9.07. The minimum atomic E-state index is -1.62. The number of hydrogen-bond donors (Lipinski definition) is 0. The van der Waals surface area contributed by atoms with Gasteiger partial charge in [0.1, 0.15) is 5.69 Å². The van der Waals surface area contributed by atoms with E-state index in [9.17, 15) is 4.79 Å². The molecule has 0 fully saturated rings. The van der Waals surface area contributed by atoms with Gasteiger partial charge in [-0.3, -0.25) is 9.78 Å². The highest BCUT2D eigenvalue weighted by Gasteiger charge is 2.31. The van der Waals surface area contributed by atoms with Crippen molar-refractivity contribution in [3.8, 4) is 0 Å². The zero-order valence-corrected chi connectivity index (χ0v) is 16.6. The van der Waals surface area contributed by atoms with Crippen LogP contribution in [0.25, 0.3) is 0 Å². The van der Waals surface area contributed by atoms with E-state index >= 15 is 0 Å². The third-order valence-corrected chi connectivity index (χ3v) is 6.61. The molecule has 0 aliphatic carbocycles. The molecule has 0 atom stereocenters. The van der Waals surface area contributed by atoms with Crippen molar-refractivity contribution in [1.29, 1.82) is 0 Å². The van der Waals surface area contributed by atoms with Gasteiger partial charge in [-0.1, -0.05) is 19.6 Å². The highest BCUT2D eigenvalue weighted by atomic mass is 127. The quantitative estimate of drug-likeness (QED) is 0.569. The molecular formula is C15H25IN2OSi.